The highest BCUT2D eigenvalue weighted by Gasteiger charge is 2.93. The zero-order chi connectivity index (χ0) is 28.8. The Morgan fingerprint density at radius 2 is 1.11 bits per heavy atom. The van der Waals surface area contributed by atoms with E-state index < -0.39 is 65.8 Å². The van der Waals surface area contributed by atoms with Crippen LogP contribution in [-0.2, 0) is 4.74 Å². The molecule has 0 aliphatic heterocycles. The van der Waals surface area contributed by atoms with E-state index in [4.69, 9.17) is 0 Å². The first-order valence-electron chi connectivity index (χ1n) is 9.12. The van der Waals surface area contributed by atoms with Crippen LogP contribution in [-0.4, -0.2) is 59.4 Å². The van der Waals surface area contributed by atoms with Crippen LogP contribution in [0.25, 0.3) is 0 Å². The molecule has 1 aromatic carbocycles. The smallest absolute Gasteiger partial charge is 0.460 e. The minimum Gasteiger partial charge on any atom is -0.462 e. The Bertz CT molecular complexity index is 923. The second-order valence-corrected chi connectivity index (χ2v) is 7.14. The van der Waals surface area contributed by atoms with E-state index in [1.54, 1.807) is 0 Å². The molecule has 0 amide bonds. The molecule has 0 aliphatic rings. The fraction of sp³-hybridized carbons (Fsp3) is 0.611. The van der Waals surface area contributed by atoms with Gasteiger partial charge in [-0.15, -0.1) is 0 Å². The van der Waals surface area contributed by atoms with Gasteiger partial charge in [-0.1, -0.05) is 12.1 Å². The molecule has 1 unspecified atom stereocenters. The number of carbonyl (C=O) groups excluding carboxylic acids is 1. The second-order valence-electron chi connectivity index (χ2n) is 7.14. The number of ether oxygens (including phenoxy) is 1. The van der Waals surface area contributed by atoms with E-state index in [-0.39, 0.29) is 12.2 Å². The molecule has 1 aromatic rings. The number of aliphatic hydroxyl groups is 1. The highest BCUT2D eigenvalue weighted by Crippen LogP contribution is 2.63. The molecule has 0 fully saturated rings. The van der Waals surface area contributed by atoms with E-state index in [0.717, 1.165) is 12.1 Å². The predicted molar refractivity (Wildman–Crippen MR) is 87.7 cm³/mol. The monoisotopic (exact) mass is 562 g/mol. The lowest BCUT2D eigenvalue weighted by Gasteiger charge is -2.41. The van der Waals surface area contributed by atoms with Crippen LogP contribution in [0.3, 0.4) is 0 Å². The number of aliphatic hydroxyl groups excluding tert-OH is 1. The van der Waals surface area contributed by atoms with Gasteiger partial charge in [-0.3, -0.25) is 0 Å². The van der Waals surface area contributed by atoms with Crippen molar-refractivity contribution >= 4 is 5.97 Å². The van der Waals surface area contributed by atoms with E-state index in [1.807, 2.05) is 0 Å². The predicted octanol–water partition coefficient (Wildman–Crippen LogP) is 6.66. The van der Waals surface area contributed by atoms with Crippen LogP contribution in [0.15, 0.2) is 24.3 Å². The molecule has 208 valence electrons. The molecule has 0 aromatic heterocycles. The molecule has 1 atom stereocenters. The largest absolute Gasteiger partial charge is 0.462 e. The van der Waals surface area contributed by atoms with Gasteiger partial charge in [0.05, 0.1) is 18.3 Å². The van der Waals surface area contributed by atoms with Gasteiger partial charge in [-0.05, 0) is 24.6 Å². The van der Waals surface area contributed by atoms with Crippen molar-refractivity contribution in [2.45, 2.75) is 61.2 Å². The summed E-state index contributed by atoms with van der Waals surface area (Å²) in [5, 5.41) is 9.64. The van der Waals surface area contributed by atoms with Crippen molar-refractivity contribution in [3.8, 4) is 0 Å². The highest BCUT2D eigenvalue weighted by molar-refractivity contribution is 5.89. The van der Waals surface area contributed by atoms with E-state index in [2.05, 4.69) is 4.74 Å². The molecule has 0 bridgehead atoms. The van der Waals surface area contributed by atoms with Crippen molar-refractivity contribution in [1.82, 2.24) is 0 Å². The van der Waals surface area contributed by atoms with Crippen LogP contribution in [0.1, 0.15) is 35.4 Å². The minimum absolute atomic E-state index is 0.128. The molecule has 36 heavy (non-hydrogen) atoms. The molecular weight excluding hydrogens is 549 g/mol. The Labute approximate surface area is 190 Å². The molecule has 0 saturated carbocycles. The van der Waals surface area contributed by atoms with Crippen LogP contribution in [0.5, 0.6) is 0 Å². The molecule has 0 radical (unpaired) electrons. The number of halogens is 15. The molecule has 18 heteroatoms. The number of esters is 1. The summed E-state index contributed by atoms with van der Waals surface area (Å²) in [6, 6.07) is 2.70. The molecule has 0 heterocycles. The lowest BCUT2D eigenvalue weighted by Crippen LogP contribution is -2.72. The van der Waals surface area contributed by atoms with Crippen molar-refractivity contribution in [2.24, 2.45) is 0 Å². The average Bonchev–Trinajstić information content (AvgIpc) is 2.72. The van der Waals surface area contributed by atoms with Gasteiger partial charge in [0.25, 0.3) is 0 Å². The van der Waals surface area contributed by atoms with Gasteiger partial charge in [0.1, 0.15) is 0 Å². The summed E-state index contributed by atoms with van der Waals surface area (Å²) < 4.78 is 202. The Hall–Kier alpha value is -2.40. The molecule has 0 spiro atoms. The van der Waals surface area contributed by atoms with Crippen LogP contribution in [0.2, 0.25) is 0 Å². The number of benzene rings is 1. The molecule has 0 saturated heterocycles. The molecule has 3 nitrogen and oxygen atoms in total. The third-order valence-corrected chi connectivity index (χ3v) is 4.65. The maximum Gasteiger partial charge on any atom is 0.460 e. The first kappa shape index (κ1) is 31.6. The van der Waals surface area contributed by atoms with Crippen molar-refractivity contribution in [3.63, 3.8) is 0 Å². The van der Waals surface area contributed by atoms with Crippen LogP contribution < -0.4 is 0 Å². The summed E-state index contributed by atoms with van der Waals surface area (Å²) in [5.41, 5.74) is -1.12. The molecule has 0 aliphatic carbocycles. The van der Waals surface area contributed by atoms with Crippen molar-refractivity contribution < 1.29 is 80.5 Å². The SMILES string of the molecule is CCOC(=O)c1ccc(C(O)CC(F)(F)C(F)(F)C(F)(F)C(F)(F)C(F)(F)C(F)(F)C(F)(F)F)cc1. The van der Waals surface area contributed by atoms with Crippen LogP contribution in [0, 0.1) is 0 Å². The zero-order valence-corrected chi connectivity index (χ0v) is 17.2. The van der Waals surface area contributed by atoms with E-state index >= 15 is 0 Å². The van der Waals surface area contributed by atoms with Gasteiger partial charge >= 0.3 is 47.7 Å². The van der Waals surface area contributed by atoms with E-state index in [1.165, 1.54) is 6.92 Å². The minimum atomic E-state index is -8.39. The summed E-state index contributed by atoms with van der Waals surface area (Å²) in [7, 11) is 0. The Kier molecular flexibility index (Phi) is 8.33. The second kappa shape index (κ2) is 9.48. The lowest BCUT2D eigenvalue weighted by atomic mass is 9.88. The maximum absolute atomic E-state index is 13.9. The van der Waals surface area contributed by atoms with Gasteiger partial charge in [0, 0.05) is 6.42 Å². The van der Waals surface area contributed by atoms with Gasteiger partial charge in [0.2, 0.25) is 0 Å². The normalized spacial score (nSPS) is 15.6. The standard InChI is InChI=1S/C18H13F15O3/c1-2-36-11(35)9-5-3-8(4-6-9)10(34)7-12(19,20)13(21,22)14(23,24)15(25,26)16(27,28)17(29,30)18(31,32)33/h3-6,10,34H,2,7H2,1H3. The van der Waals surface area contributed by atoms with Crippen LogP contribution >= 0.6 is 0 Å². The number of hydrogen-bond acceptors (Lipinski definition) is 3. The number of rotatable bonds is 10. The average molecular weight is 562 g/mol. The number of alkyl halides is 15. The summed E-state index contributed by atoms with van der Waals surface area (Å²) in [5.74, 6) is -48.3. The zero-order valence-electron chi connectivity index (χ0n) is 17.2. The quantitative estimate of drug-likeness (QED) is 0.256. The fourth-order valence-electron chi connectivity index (χ4n) is 2.54. The topological polar surface area (TPSA) is 46.5 Å². The van der Waals surface area contributed by atoms with Gasteiger partial charge in [0.15, 0.2) is 0 Å². The number of hydrogen-bond donors (Lipinski definition) is 1. The van der Waals surface area contributed by atoms with E-state index in [9.17, 15) is 75.8 Å². The van der Waals surface area contributed by atoms with Crippen molar-refractivity contribution in [2.75, 3.05) is 6.61 Å². The molecule has 1 N–H and O–H groups in total. The van der Waals surface area contributed by atoms with Crippen LogP contribution in [0.4, 0.5) is 65.9 Å². The third kappa shape index (κ3) is 4.91. The summed E-state index contributed by atoms with van der Waals surface area (Å²) >= 11 is 0. The molecular formula is C18H13F15O3. The van der Waals surface area contributed by atoms with Crippen molar-refractivity contribution in [3.05, 3.63) is 35.4 Å². The maximum atomic E-state index is 13.9. The van der Waals surface area contributed by atoms with Gasteiger partial charge in [-0.25, -0.2) is 4.79 Å². The summed E-state index contributed by atoms with van der Waals surface area (Å²) in [4.78, 5) is 11.5. The summed E-state index contributed by atoms with van der Waals surface area (Å²) in [6.45, 7) is 1.26. The first-order chi connectivity index (χ1) is 15.8. The fourth-order valence-corrected chi connectivity index (χ4v) is 2.54. The van der Waals surface area contributed by atoms with Gasteiger partial charge in [-0.2, -0.15) is 65.9 Å². The molecule has 1 rings (SSSR count). The van der Waals surface area contributed by atoms with Crippen molar-refractivity contribution in [1.29, 1.82) is 0 Å². The van der Waals surface area contributed by atoms with Gasteiger partial charge < -0.3 is 9.84 Å². The Morgan fingerprint density at radius 1 is 0.722 bits per heavy atom. The Morgan fingerprint density at radius 3 is 1.50 bits per heavy atom. The third-order valence-electron chi connectivity index (χ3n) is 4.65. The lowest BCUT2D eigenvalue weighted by molar-refractivity contribution is -0.453. The highest BCUT2D eigenvalue weighted by atomic mass is 19.4. The Balaban J connectivity index is 3.35. The summed E-state index contributed by atoms with van der Waals surface area (Å²) in [6.07, 6.45) is -13.5. The van der Waals surface area contributed by atoms with E-state index in [0.29, 0.717) is 12.1 Å². The number of carbonyl (C=O) groups is 1. The first-order valence-corrected chi connectivity index (χ1v) is 9.12.